The Labute approximate surface area is 240 Å². The molecule has 0 bridgehead atoms. The van der Waals surface area contributed by atoms with Gasteiger partial charge in [-0.15, -0.1) is 0 Å². The van der Waals surface area contributed by atoms with Crippen LogP contribution in [0.1, 0.15) is 65.7 Å². The second-order valence-corrected chi connectivity index (χ2v) is 11.1. The summed E-state index contributed by atoms with van der Waals surface area (Å²) in [5.41, 5.74) is 4.48. The standard InChI is InChI=1S/C33H38F3NO4/c1-22-19-28(20-23(2)30(22)25-12-14-27(15-13-25)33(34,35)36)41-21-32(3,4)17-6-7-24-8-10-26(11-9-24)31(39)37-18-16-29(38)40-5/h8-15,19-20H,6-7,16-18,21H2,1-5H3,(H,37,39). The number of benzene rings is 3. The topological polar surface area (TPSA) is 64.6 Å². The van der Waals surface area contributed by atoms with Crippen LogP contribution in [0.25, 0.3) is 11.1 Å². The molecule has 5 nitrogen and oxygen atoms in total. The maximum absolute atomic E-state index is 12.9. The third-order valence-corrected chi connectivity index (χ3v) is 7.01. The first-order chi connectivity index (χ1) is 19.3. The zero-order valence-electron chi connectivity index (χ0n) is 24.3. The van der Waals surface area contributed by atoms with Crippen LogP contribution >= 0.6 is 0 Å². The highest BCUT2D eigenvalue weighted by molar-refractivity contribution is 5.94. The summed E-state index contributed by atoms with van der Waals surface area (Å²) in [6.07, 6.45) is -1.47. The number of rotatable bonds is 12. The number of halogens is 3. The molecule has 1 N–H and O–H groups in total. The van der Waals surface area contributed by atoms with Crippen molar-refractivity contribution in [2.75, 3.05) is 20.3 Å². The number of hydrogen-bond acceptors (Lipinski definition) is 4. The summed E-state index contributed by atoms with van der Waals surface area (Å²) in [5, 5.41) is 2.71. The Bertz CT molecular complexity index is 1310. The van der Waals surface area contributed by atoms with Crippen molar-refractivity contribution in [3.8, 4) is 16.9 Å². The molecule has 0 radical (unpaired) electrons. The third kappa shape index (κ3) is 9.37. The molecule has 0 spiro atoms. The van der Waals surface area contributed by atoms with Crippen molar-refractivity contribution >= 4 is 11.9 Å². The van der Waals surface area contributed by atoms with E-state index >= 15 is 0 Å². The van der Waals surface area contributed by atoms with Crippen molar-refractivity contribution in [1.82, 2.24) is 5.32 Å². The molecule has 0 atom stereocenters. The van der Waals surface area contributed by atoms with E-state index in [-0.39, 0.29) is 30.3 Å². The first-order valence-corrected chi connectivity index (χ1v) is 13.6. The number of esters is 1. The minimum Gasteiger partial charge on any atom is -0.493 e. The number of nitrogens with one attached hydrogen (secondary N) is 1. The Morgan fingerprint density at radius 1 is 0.902 bits per heavy atom. The molecule has 0 aliphatic heterocycles. The molecular formula is C33H38F3NO4. The van der Waals surface area contributed by atoms with E-state index in [1.54, 1.807) is 12.1 Å². The molecule has 3 aromatic carbocycles. The maximum Gasteiger partial charge on any atom is 0.416 e. The van der Waals surface area contributed by atoms with Gasteiger partial charge in [0.1, 0.15) is 5.75 Å². The maximum atomic E-state index is 12.9. The van der Waals surface area contributed by atoms with Crippen molar-refractivity contribution in [3.63, 3.8) is 0 Å². The van der Waals surface area contributed by atoms with Crippen LogP contribution in [0.3, 0.4) is 0 Å². The fourth-order valence-electron chi connectivity index (χ4n) is 4.72. The highest BCUT2D eigenvalue weighted by atomic mass is 19.4. The first-order valence-electron chi connectivity index (χ1n) is 13.6. The number of carbonyl (C=O) groups is 2. The highest BCUT2D eigenvalue weighted by Crippen LogP contribution is 2.35. The summed E-state index contributed by atoms with van der Waals surface area (Å²) < 4.78 is 49.6. The molecule has 220 valence electrons. The molecule has 0 unspecified atom stereocenters. The van der Waals surface area contributed by atoms with E-state index in [9.17, 15) is 22.8 Å². The van der Waals surface area contributed by atoms with Gasteiger partial charge in [-0.25, -0.2) is 0 Å². The number of ether oxygens (including phenoxy) is 2. The van der Waals surface area contributed by atoms with E-state index < -0.39 is 11.7 Å². The Balaban J connectivity index is 1.50. The lowest BCUT2D eigenvalue weighted by Crippen LogP contribution is -2.26. The number of aryl methyl sites for hydroxylation is 3. The van der Waals surface area contributed by atoms with E-state index in [1.165, 1.54) is 19.2 Å². The molecule has 1 amide bonds. The molecule has 0 fully saturated rings. The van der Waals surface area contributed by atoms with Gasteiger partial charge in [0.2, 0.25) is 0 Å². The molecule has 8 heteroatoms. The average molecular weight is 570 g/mol. The molecule has 0 saturated carbocycles. The number of hydrogen-bond donors (Lipinski definition) is 1. The van der Waals surface area contributed by atoms with E-state index in [0.717, 1.165) is 65.0 Å². The van der Waals surface area contributed by atoms with E-state index in [1.807, 2.05) is 38.1 Å². The van der Waals surface area contributed by atoms with Crippen LogP contribution in [-0.2, 0) is 22.1 Å². The van der Waals surface area contributed by atoms with Crippen LogP contribution in [0.5, 0.6) is 5.75 Å². The molecular weight excluding hydrogens is 531 g/mol. The van der Waals surface area contributed by atoms with Gasteiger partial charge in [0, 0.05) is 12.1 Å². The average Bonchev–Trinajstić information content (AvgIpc) is 2.91. The van der Waals surface area contributed by atoms with Gasteiger partial charge in [0.15, 0.2) is 0 Å². The second kappa shape index (κ2) is 13.7. The van der Waals surface area contributed by atoms with Gasteiger partial charge in [0.05, 0.1) is 25.7 Å². The third-order valence-electron chi connectivity index (χ3n) is 7.01. The molecule has 0 aliphatic rings. The minimum atomic E-state index is -4.36. The predicted octanol–water partition coefficient (Wildman–Crippen LogP) is 7.71. The molecule has 0 heterocycles. The van der Waals surface area contributed by atoms with Crippen LogP contribution in [0.15, 0.2) is 60.7 Å². The summed E-state index contributed by atoms with van der Waals surface area (Å²) in [5.74, 6) is 0.148. The largest absolute Gasteiger partial charge is 0.493 e. The zero-order chi connectivity index (χ0) is 30.2. The quantitative estimate of drug-likeness (QED) is 0.227. The molecule has 0 saturated heterocycles. The van der Waals surface area contributed by atoms with Gasteiger partial charge in [-0.05, 0) is 103 Å². The fraction of sp³-hybridized carbons (Fsp3) is 0.394. The van der Waals surface area contributed by atoms with Gasteiger partial charge < -0.3 is 14.8 Å². The van der Waals surface area contributed by atoms with Crippen molar-refractivity contribution in [1.29, 1.82) is 0 Å². The van der Waals surface area contributed by atoms with E-state index in [4.69, 9.17) is 4.74 Å². The lowest BCUT2D eigenvalue weighted by Gasteiger charge is -2.25. The number of methoxy groups -OCH3 is 1. The number of amides is 1. The van der Waals surface area contributed by atoms with Crippen molar-refractivity contribution in [2.45, 2.75) is 59.6 Å². The predicted molar refractivity (Wildman–Crippen MR) is 154 cm³/mol. The lowest BCUT2D eigenvalue weighted by molar-refractivity contribution is -0.140. The van der Waals surface area contributed by atoms with Crippen LogP contribution < -0.4 is 10.1 Å². The Kier molecular flexibility index (Phi) is 10.6. The van der Waals surface area contributed by atoms with Crippen molar-refractivity contribution in [3.05, 3.63) is 88.5 Å². The van der Waals surface area contributed by atoms with Crippen LogP contribution in [0.4, 0.5) is 13.2 Å². The monoisotopic (exact) mass is 569 g/mol. The summed E-state index contributed by atoms with van der Waals surface area (Å²) in [7, 11) is 1.31. The SMILES string of the molecule is COC(=O)CCNC(=O)c1ccc(CCCC(C)(C)COc2cc(C)c(-c3ccc(C(F)(F)F)cc3)c(C)c2)cc1. The normalized spacial score (nSPS) is 11.7. The van der Waals surface area contributed by atoms with Gasteiger partial charge in [0.25, 0.3) is 5.91 Å². The highest BCUT2D eigenvalue weighted by Gasteiger charge is 2.30. The molecule has 3 aromatic rings. The van der Waals surface area contributed by atoms with E-state index in [0.29, 0.717) is 12.2 Å². The minimum absolute atomic E-state index is 0.0760. The first kappa shape index (κ1) is 31.7. The Morgan fingerprint density at radius 3 is 2.07 bits per heavy atom. The number of alkyl halides is 3. The van der Waals surface area contributed by atoms with Crippen LogP contribution in [-0.4, -0.2) is 32.1 Å². The zero-order valence-corrected chi connectivity index (χ0v) is 24.3. The van der Waals surface area contributed by atoms with E-state index in [2.05, 4.69) is 23.9 Å². The lowest BCUT2D eigenvalue weighted by atomic mass is 9.87. The van der Waals surface area contributed by atoms with Crippen molar-refractivity contribution < 1.29 is 32.2 Å². The smallest absolute Gasteiger partial charge is 0.416 e. The second-order valence-electron chi connectivity index (χ2n) is 11.1. The van der Waals surface area contributed by atoms with Crippen LogP contribution in [0.2, 0.25) is 0 Å². The van der Waals surface area contributed by atoms with Gasteiger partial charge in [-0.3, -0.25) is 9.59 Å². The fourth-order valence-corrected chi connectivity index (χ4v) is 4.72. The van der Waals surface area contributed by atoms with Crippen molar-refractivity contribution in [2.24, 2.45) is 5.41 Å². The summed E-state index contributed by atoms with van der Waals surface area (Å²) in [6, 6.07) is 16.6. The Morgan fingerprint density at radius 2 is 1.51 bits per heavy atom. The molecule has 3 rings (SSSR count). The van der Waals surface area contributed by atoms with Gasteiger partial charge in [-0.1, -0.05) is 38.1 Å². The molecule has 0 aliphatic carbocycles. The van der Waals surface area contributed by atoms with Gasteiger partial charge >= 0.3 is 12.1 Å². The summed E-state index contributed by atoms with van der Waals surface area (Å²) in [4.78, 5) is 23.4. The summed E-state index contributed by atoms with van der Waals surface area (Å²) >= 11 is 0. The summed E-state index contributed by atoms with van der Waals surface area (Å²) in [6.45, 7) is 8.95. The molecule has 0 aromatic heterocycles. The van der Waals surface area contributed by atoms with Gasteiger partial charge in [-0.2, -0.15) is 13.2 Å². The number of carbonyl (C=O) groups excluding carboxylic acids is 2. The Hall–Kier alpha value is -3.81. The molecule has 41 heavy (non-hydrogen) atoms. The van der Waals surface area contributed by atoms with Crippen LogP contribution in [0, 0.1) is 19.3 Å².